The fraction of sp³-hybridized carbons (Fsp3) is 0.571. The predicted molar refractivity (Wildman–Crippen MR) is 111 cm³/mol. The number of thioether (sulfide) groups is 1. The molecule has 1 heterocycles. The highest BCUT2D eigenvalue weighted by atomic mass is 32.2. The Labute approximate surface area is 175 Å². The average Bonchev–Trinajstić information content (AvgIpc) is 3.31. The third kappa shape index (κ3) is 5.95. The number of ether oxygens (including phenoxy) is 1. The van der Waals surface area contributed by atoms with Gasteiger partial charge in [-0.25, -0.2) is 4.39 Å². The first-order valence-electron chi connectivity index (χ1n) is 10.2. The van der Waals surface area contributed by atoms with E-state index in [1.807, 2.05) is 11.5 Å². The summed E-state index contributed by atoms with van der Waals surface area (Å²) in [7, 11) is 0. The van der Waals surface area contributed by atoms with E-state index in [2.05, 4.69) is 29.4 Å². The van der Waals surface area contributed by atoms with Gasteiger partial charge in [0.15, 0.2) is 28.7 Å². The number of hydrogen-bond donors (Lipinski definition) is 1. The Hall–Kier alpha value is -2.09. The lowest BCUT2D eigenvalue weighted by Crippen LogP contribution is -2.33. The topological polar surface area (TPSA) is 69.0 Å². The zero-order valence-corrected chi connectivity index (χ0v) is 18.0. The van der Waals surface area contributed by atoms with Crippen LogP contribution in [0.3, 0.4) is 0 Å². The molecule has 1 saturated carbocycles. The quantitative estimate of drug-likeness (QED) is 0.610. The molecular weight excluding hydrogens is 391 g/mol. The van der Waals surface area contributed by atoms with Gasteiger partial charge in [0.1, 0.15) is 0 Å². The van der Waals surface area contributed by atoms with E-state index >= 15 is 0 Å². The van der Waals surface area contributed by atoms with Gasteiger partial charge in [-0.2, -0.15) is 0 Å². The van der Waals surface area contributed by atoms with Crippen molar-refractivity contribution in [2.45, 2.75) is 70.3 Å². The monoisotopic (exact) mass is 420 g/mol. The lowest BCUT2D eigenvalue weighted by Gasteiger charge is -2.18. The third-order valence-corrected chi connectivity index (χ3v) is 5.82. The first-order valence-corrected chi connectivity index (χ1v) is 11.2. The fourth-order valence-corrected chi connectivity index (χ4v) is 4.26. The number of para-hydroxylation sites is 1. The smallest absolute Gasteiger partial charge is 0.230 e. The van der Waals surface area contributed by atoms with Crippen molar-refractivity contribution in [2.75, 3.05) is 5.75 Å². The lowest BCUT2D eigenvalue weighted by molar-refractivity contribution is -0.119. The average molecular weight is 421 g/mol. The molecule has 29 heavy (non-hydrogen) atoms. The van der Waals surface area contributed by atoms with Gasteiger partial charge in [-0.05, 0) is 37.8 Å². The van der Waals surface area contributed by atoms with Crippen LogP contribution in [0.2, 0.25) is 0 Å². The lowest BCUT2D eigenvalue weighted by atomic mass is 10.2. The van der Waals surface area contributed by atoms with Gasteiger partial charge in [0, 0.05) is 12.6 Å². The van der Waals surface area contributed by atoms with E-state index in [4.69, 9.17) is 4.74 Å². The second-order valence-corrected chi connectivity index (χ2v) is 8.82. The van der Waals surface area contributed by atoms with Gasteiger partial charge >= 0.3 is 0 Å². The Bertz CT molecular complexity index is 821. The van der Waals surface area contributed by atoms with Gasteiger partial charge < -0.3 is 14.6 Å². The maximum absolute atomic E-state index is 13.9. The Morgan fingerprint density at radius 3 is 2.69 bits per heavy atom. The molecule has 0 saturated heterocycles. The molecule has 1 N–H and O–H groups in total. The van der Waals surface area contributed by atoms with Gasteiger partial charge in [0.2, 0.25) is 5.91 Å². The number of nitrogens with one attached hydrogen (secondary N) is 1. The van der Waals surface area contributed by atoms with Crippen molar-refractivity contribution in [2.24, 2.45) is 5.92 Å². The van der Waals surface area contributed by atoms with Crippen LogP contribution in [0.15, 0.2) is 29.4 Å². The molecule has 1 fully saturated rings. The molecule has 6 nitrogen and oxygen atoms in total. The number of benzene rings is 1. The van der Waals surface area contributed by atoms with Crippen molar-refractivity contribution in [3.63, 3.8) is 0 Å². The van der Waals surface area contributed by atoms with Crippen molar-refractivity contribution in [3.05, 3.63) is 35.9 Å². The van der Waals surface area contributed by atoms with E-state index in [1.165, 1.54) is 30.7 Å². The summed E-state index contributed by atoms with van der Waals surface area (Å²) in [5, 5.41) is 12.3. The zero-order valence-electron chi connectivity index (χ0n) is 17.2. The molecule has 3 rings (SSSR count). The first kappa shape index (κ1) is 21.6. The molecule has 1 aromatic carbocycles. The number of halogens is 1. The van der Waals surface area contributed by atoms with Crippen molar-refractivity contribution >= 4 is 17.7 Å². The molecule has 1 aromatic heterocycles. The second kappa shape index (κ2) is 10.1. The first-order chi connectivity index (χ1) is 13.9. The summed E-state index contributed by atoms with van der Waals surface area (Å²) in [6.45, 7) is 6.73. The molecular formula is C21H29FN4O2S. The summed E-state index contributed by atoms with van der Waals surface area (Å²) in [5.41, 5.74) is 0. The Morgan fingerprint density at radius 1 is 1.28 bits per heavy atom. The molecule has 0 bridgehead atoms. The summed E-state index contributed by atoms with van der Waals surface area (Å²) >= 11 is 1.38. The number of hydrogen-bond acceptors (Lipinski definition) is 5. The molecule has 1 aliphatic carbocycles. The fourth-order valence-electron chi connectivity index (χ4n) is 3.50. The number of amides is 1. The van der Waals surface area contributed by atoms with E-state index in [1.54, 1.807) is 18.2 Å². The van der Waals surface area contributed by atoms with Gasteiger partial charge in [0.05, 0.1) is 5.75 Å². The summed E-state index contributed by atoms with van der Waals surface area (Å²) in [6.07, 6.45) is 4.03. The minimum Gasteiger partial charge on any atom is -0.480 e. The van der Waals surface area contributed by atoms with Gasteiger partial charge in [0.25, 0.3) is 0 Å². The molecule has 1 unspecified atom stereocenters. The summed E-state index contributed by atoms with van der Waals surface area (Å²) in [4.78, 5) is 12.3. The van der Waals surface area contributed by atoms with Crippen molar-refractivity contribution < 1.29 is 13.9 Å². The number of nitrogens with zero attached hydrogens (tertiary/aromatic N) is 3. The van der Waals surface area contributed by atoms with E-state index in [-0.39, 0.29) is 11.7 Å². The van der Waals surface area contributed by atoms with Crippen molar-refractivity contribution in [1.82, 2.24) is 20.1 Å². The number of carbonyl (C=O) groups excluding carboxylic acids is 1. The molecule has 0 aliphatic heterocycles. The third-order valence-electron chi connectivity index (χ3n) is 4.85. The highest BCUT2D eigenvalue weighted by molar-refractivity contribution is 7.99. The van der Waals surface area contributed by atoms with Crippen LogP contribution in [0.25, 0.3) is 0 Å². The normalized spacial score (nSPS) is 15.6. The molecule has 8 heteroatoms. The standard InChI is InChI=1S/C21H29FN4O2S/c1-14(2)12-26-20(15(3)28-18-11-7-6-10-17(18)22)24-25-21(26)29-13-19(27)23-16-8-4-5-9-16/h6-7,10-11,14-16H,4-5,8-9,12-13H2,1-3H3,(H,23,27). The highest BCUT2D eigenvalue weighted by Gasteiger charge is 2.22. The van der Waals surface area contributed by atoms with Crippen LogP contribution in [0, 0.1) is 11.7 Å². The summed E-state index contributed by atoms with van der Waals surface area (Å²) in [5.74, 6) is 1.09. The molecule has 0 spiro atoms. The second-order valence-electron chi connectivity index (χ2n) is 7.87. The molecule has 158 valence electrons. The molecule has 2 aromatic rings. The zero-order chi connectivity index (χ0) is 20.8. The molecule has 1 aliphatic rings. The predicted octanol–water partition coefficient (Wildman–Crippen LogP) is 4.36. The van der Waals surface area contributed by atoms with Gasteiger partial charge in [-0.15, -0.1) is 10.2 Å². The van der Waals surface area contributed by atoms with Crippen molar-refractivity contribution in [1.29, 1.82) is 0 Å². The van der Waals surface area contributed by atoms with E-state index < -0.39 is 11.9 Å². The number of rotatable bonds is 9. The Balaban J connectivity index is 1.68. The molecule has 1 amide bonds. The van der Waals surface area contributed by atoms with E-state index in [9.17, 15) is 9.18 Å². The van der Waals surface area contributed by atoms with Crippen molar-refractivity contribution in [3.8, 4) is 5.75 Å². The minimum absolute atomic E-state index is 0.0261. The van der Waals surface area contributed by atoms with Gasteiger partial charge in [-0.3, -0.25) is 4.79 Å². The van der Waals surface area contributed by atoms with Crippen LogP contribution >= 0.6 is 11.8 Å². The Kier molecular flexibility index (Phi) is 7.52. The number of aromatic nitrogens is 3. The largest absolute Gasteiger partial charge is 0.480 e. The van der Waals surface area contributed by atoms with Crippen LogP contribution in [0.5, 0.6) is 5.75 Å². The Morgan fingerprint density at radius 2 is 2.00 bits per heavy atom. The SMILES string of the molecule is CC(C)Cn1c(SCC(=O)NC2CCCC2)nnc1C(C)Oc1ccccc1F. The van der Waals surface area contributed by atoms with E-state index in [0.29, 0.717) is 35.2 Å². The molecule has 1 atom stereocenters. The van der Waals surface area contributed by atoms with Crippen LogP contribution in [-0.4, -0.2) is 32.5 Å². The van der Waals surface area contributed by atoms with Crippen LogP contribution < -0.4 is 10.1 Å². The summed E-state index contributed by atoms with van der Waals surface area (Å²) in [6, 6.07) is 6.62. The van der Waals surface area contributed by atoms with Crippen LogP contribution in [-0.2, 0) is 11.3 Å². The molecule has 0 radical (unpaired) electrons. The highest BCUT2D eigenvalue weighted by Crippen LogP contribution is 2.27. The van der Waals surface area contributed by atoms with Gasteiger partial charge in [-0.1, -0.05) is 50.6 Å². The summed E-state index contributed by atoms with van der Waals surface area (Å²) < 4.78 is 21.7. The van der Waals surface area contributed by atoms with Crippen LogP contribution in [0.4, 0.5) is 4.39 Å². The maximum atomic E-state index is 13.9. The maximum Gasteiger partial charge on any atom is 0.230 e. The number of carbonyl (C=O) groups is 1. The van der Waals surface area contributed by atoms with E-state index in [0.717, 1.165) is 12.8 Å². The van der Waals surface area contributed by atoms with Crippen LogP contribution in [0.1, 0.15) is 58.4 Å². The minimum atomic E-state index is -0.472.